The first kappa shape index (κ1) is 24.9. The van der Waals surface area contributed by atoms with Crippen molar-refractivity contribution in [3.63, 3.8) is 0 Å². The minimum absolute atomic E-state index is 0. The van der Waals surface area contributed by atoms with Gasteiger partial charge in [0, 0.05) is 46.3 Å². The monoisotopic (exact) mass is 565 g/mol. The third-order valence-corrected chi connectivity index (χ3v) is 5.87. The van der Waals surface area contributed by atoms with Crippen LogP contribution >= 0.6 is 24.0 Å². The van der Waals surface area contributed by atoms with Gasteiger partial charge in [-0.25, -0.2) is 0 Å². The molecule has 1 saturated heterocycles. The summed E-state index contributed by atoms with van der Waals surface area (Å²) < 4.78 is 11.0. The molecule has 8 nitrogen and oxygen atoms in total. The Kier molecular flexibility index (Phi) is 9.04. The number of guanidine groups is 1. The predicted octanol–water partition coefficient (Wildman–Crippen LogP) is 2.83. The number of hydrogen-bond donors (Lipinski definition) is 1. The number of ether oxygens (including phenoxy) is 2. The fraction of sp³-hybridized carbons (Fsp3) is 0.417. The number of carbonyl (C=O) groups is 1. The van der Waals surface area contributed by atoms with E-state index < -0.39 is 0 Å². The van der Waals surface area contributed by atoms with Gasteiger partial charge in [-0.1, -0.05) is 24.3 Å². The molecule has 0 bridgehead atoms. The molecule has 1 fully saturated rings. The molecular formula is C24H32IN5O3. The van der Waals surface area contributed by atoms with Gasteiger partial charge in [-0.3, -0.25) is 9.79 Å². The van der Waals surface area contributed by atoms with E-state index in [1.54, 1.807) is 7.11 Å². The van der Waals surface area contributed by atoms with Crippen molar-refractivity contribution >= 4 is 47.2 Å². The second-order valence-corrected chi connectivity index (χ2v) is 7.78. The summed E-state index contributed by atoms with van der Waals surface area (Å²) in [6, 6.07) is 15.8. The summed E-state index contributed by atoms with van der Waals surface area (Å²) in [5, 5.41) is 3.46. The second kappa shape index (κ2) is 12.0. The fourth-order valence-corrected chi connectivity index (χ4v) is 4.22. The van der Waals surface area contributed by atoms with Crippen molar-refractivity contribution in [3.05, 3.63) is 48.5 Å². The Labute approximate surface area is 212 Å². The summed E-state index contributed by atoms with van der Waals surface area (Å²) in [6.07, 6.45) is 0.820. The average Bonchev–Trinajstić information content (AvgIpc) is 2.85. The topological polar surface area (TPSA) is 69.6 Å². The number of para-hydroxylation sites is 4. The van der Waals surface area contributed by atoms with E-state index >= 15 is 0 Å². The van der Waals surface area contributed by atoms with Crippen LogP contribution in [0.5, 0.6) is 11.5 Å². The van der Waals surface area contributed by atoms with Crippen molar-refractivity contribution in [2.45, 2.75) is 6.42 Å². The average molecular weight is 565 g/mol. The Morgan fingerprint density at radius 1 is 1.06 bits per heavy atom. The van der Waals surface area contributed by atoms with Crippen LogP contribution in [0.2, 0.25) is 0 Å². The maximum atomic E-state index is 12.3. The second-order valence-electron chi connectivity index (χ2n) is 7.78. The molecule has 9 heteroatoms. The number of nitrogens with one attached hydrogen (secondary N) is 1. The number of aliphatic imine (C=N–C) groups is 1. The summed E-state index contributed by atoms with van der Waals surface area (Å²) in [5.74, 6) is 2.57. The molecule has 2 aromatic carbocycles. The first-order chi connectivity index (χ1) is 15.7. The Balaban J connectivity index is 0.00000306. The number of nitrogens with zero attached hydrogens (tertiary/aromatic N) is 4. The van der Waals surface area contributed by atoms with Crippen molar-refractivity contribution in [1.29, 1.82) is 0 Å². The molecule has 4 rings (SSSR count). The zero-order chi connectivity index (χ0) is 22.3. The number of anilines is 2. The fourth-order valence-electron chi connectivity index (χ4n) is 4.22. The number of amides is 1. The molecule has 0 aromatic heterocycles. The van der Waals surface area contributed by atoms with Crippen molar-refractivity contribution in [2.75, 3.05) is 69.8 Å². The van der Waals surface area contributed by atoms with Crippen LogP contribution in [-0.2, 0) is 4.79 Å². The molecule has 0 aliphatic carbocycles. The van der Waals surface area contributed by atoms with E-state index in [-0.39, 0.29) is 36.5 Å². The van der Waals surface area contributed by atoms with Crippen LogP contribution in [-0.4, -0.2) is 76.8 Å². The quantitative estimate of drug-likeness (QED) is 0.252. The van der Waals surface area contributed by atoms with Gasteiger partial charge in [-0.05, 0) is 30.7 Å². The Morgan fingerprint density at radius 3 is 2.48 bits per heavy atom. The van der Waals surface area contributed by atoms with Gasteiger partial charge in [-0.2, -0.15) is 0 Å². The van der Waals surface area contributed by atoms with Crippen LogP contribution in [0.25, 0.3) is 0 Å². The number of benzene rings is 2. The van der Waals surface area contributed by atoms with E-state index in [0.717, 1.165) is 68.0 Å². The highest BCUT2D eigenvalue weighted by atomic mass is 127. The zero-order valence-electron chi connectivity index (χ0n) is 19.2. The van der Waals surface area contributed by atoms with Crippen molar-refractivity contribution < 1.29 is 14.3 Å². The number of carbonyl (C=O) groups excluding carboxylic acids is 1. The van der Waals surface area contributed by atoms with E-state index in [0.29, 0.717) is 6.54 Å². The molecule has 33 heavy (non-hydrogen) atoms. The third-order valence-electron chi connectivity index (χ3n) is 5.87. The molecule has 0 saturated carbocycles. The molecule has 2 aromatic rings. The van der Waals surface area contributed by atoms with Crippen molar-refractivity contribution in [1.82, 2.24) is 10.2 Å². The van der Waals surface area contributed by atoms with E-state index in [4.69, 9.17) is 9.47 Å². The zero-order valence-corrected chi connectivity index (χ0v) is 21.5. The van der Waals surface area contributed by atoms with Crippen LogP contribution in [0.4, 0.5) is 11.4 Å². The minimum atomic E-state index is 0. The number of piperazine rings is 1. The molecular weight excluding hydrogens is 533 g/mol. The normalized spacial score (nSPS) is 16.0. The molecule has 2 aliphatic heterocycles. The Bertz CT molecular complexity index is 963. The standard InChI is InChI=1S/C24H31N5O3.HI/c1-25-24(28-16-14-27(15-17-28)19-8-3-5-10-21(19)31-2)26-12-7-13-29-20-9-4-6-11-22(20)32-18-23(29)30;/h3-6,8-11H,7,12-18H2,1-2H3,(H,25,26);1H. The number of hydrogen-bond acceptors (Lipinski definition) is 5. The highest BCUT2D eigenvalue weighted by Gasteiger charge is 2.25. The lowest BCUT2D eigenvalue weighted by Gasteiger charge is -2.38. The summed E-state index contributed by atoms with van der Waals surface area (Å²) in [6.45, 7) is 5.06. The highest BCUT2D eigenvalue weighted by molar-refractivity contribution is 14.0. The lowest BCUT2D eigenvalue weighted by molar-refractivity contribution is -0.121. The van der Waals surface area contributed by atoms with Crippen LogP contribution in [0.1, 0.15) is 6.42 Å². The van der Waals surface area contributed by atoms with Gasteiger partial charge in [0.2, 0.25) is 0 Å². The molecule has 1 amide bonds. The molecule has 0 radical (unpaired) electrons. The molecule has 2 aliphatic rings. The van der Waals surface area contributed by atoms with Gasteiger partial charge < -0.3 is 29.5 Å². The van der Waals surface area contributed by atoms with Gasteiger partial charge in [-0.15, -0.1) is 24.0 Å². The van der Waals surface area contributed by atoms with Crippen LogP contribution in [0.3, 0.4) is 0 Å². The van der Waals surface area contributed by atoms with Crippen LogP contribution in [0.15, 0.2) is 53.5 Å². The van der Waals surface area contributed by atoms with Crippen molar-refractivity contribution in [2.24, 2.45) is 4.99 Å². The van der Waals surface area contributed by atoms with Gasteiger partial charge in [0.1, 0.15) is 11.5 Å². The van der Waals surface area contributed by atoms with Gasteiger partial charge in [0.25, 0.3) is 5.91 Å². The molecule has 2 heterocycles. The predicted molar refractivity (Wildman–Crippen MR) is 142 cm³/mol. The van der Waals surface area contributed by atoms with Crippen LogP contribution in [0, 0.1) is 0 Å². The Hall–Kier alpha value is -2.69. The first-order valence-electron chi connectivity index (χ1n) is 11.1. The van der Waals surface area contributed by atoms with Crippen molar-refractivity contribution in [3.8, 4) is 11.5 Å². The van der Waals surface area contributed by atoms with Gasteiger partial charge >= 0.3 is 0 Å². The number of halogens is 1. The number of methoxy groups -OCH3 is 1. The molecule has 0 unspecified atom stereocenters. The molecule has 0 spiro atoms. The van der Waals surface area contributed by atoms with E-state index in [2.05, 4.69) is 26.2 Å². The minimum Gasteiger partial charge on any atom is -0.495 e. The number of fused-ring (bicyclic) bond motifs is 1. The van der Waals surface area contributed by atoms with Gasteiger partial charge in [0.05, 0.1) is 18.5 Å². The summed E-state index contributed by atoms with van der Waals surface area (Å²) in [4.78, 5) is 23.2. The van der Waals surface area contributed by atoms with E-state index in [9.17, 15) is 4.79 Å². The largest absolute Gasteiger partial charge is 0.495 e. The summed E-state index contributed by atoms with van der Waals surface area (Å²) >= 11 is 0. The molecule has 1 N–H and O–H groups in total. The van der Waals surface area contributed by atoms with E-state index in [1.165, 1.54) is 0 Å². The highest BCUT2D eigenvalue weighted by Crippen LogP contribution is 2.31. The lowest BCUT2D eigenvalue weighted by atomic mass is 10.2. The van der Waals surface area contributed by atoms with E-state index in [1.807, 2.05) is 54.4 Å². The summed E-state index contributed by atoms with van der Waals surface area (Å²) in [7, 11) is 3.53. The molecule has 178 valence electrons. The lowest BCUT2D eigenvalue weighted by Crippen LogP contribution is -2.53. The maximum Gasteiger partial charge on any atom is 0.265 e. The third kappa shape index (κ3) is 5.82. The number of rotatable bonds is 6. The summed E-state index contributed by atoms with van der Waals surface area (Å²) in [5.41, 5.74) is 1.98. The van der Waals surface area contributed by atoms with Gasteiger partial charge in [0.15, 0.2) is 12.6 Å². The maximum absolute atomic E-state index is 12.3. The smallest absolute Gasteiger partial charge is 0.265 e. The first-order valence-corrected chi connectivity index (χ1v) is 11.1. The Morgan fingerprint density at radius 2 is 1.76 bits per heavy atom. The SMILES string of the molecule is CN=C(NCCCN1C(=O)COc2ccccc21)N1CCN(c2ccccc2OC)CC1.I. The molecule has 0 atom stereocenters. The van der Waals surface area contributed by atoms with Crippen LogP contribution < -0.4 is 24.6 Å².